The number of carbonyl (C=O) groups excluding carboxylic acids is 2. The van der Waals surface area contributed by atoms with E-state index in [4.69, 9.17) is 11.6 Å². The van der Waals surface area contributed by atoms with Crippen LogP contribution in [0.4, 0.5) is 0 Å². The maximum atomic E-state index is 12.5. The molecule has 1 aliphatic rings. The molecule has 1 saturated heterocycles. The molecule has 1 fully saturated rings. The number of rotatable bonds is 4. The second-order valence-electron chi connectivity index (χ2n) is 5.60. The molecule has 0 radical (unpaired) electrons. The normalized spacial score (nSPS) is 20.9. The van der Waals surface area contributed by atoms with Crippen molar-refractivity contribution in [3.63, 3.8) is 0 Å². The predicted molar refractivity (Wildman–Crippen MR) is 85.1 cm³/mol. The molecule has 0 aromatic heterocycles. The van der Waals surface area contributed by atoms with E-state index in [-0.39, 0.29) is 37.1 Å². The molecular formula is C16H19ClN2O4. The van der Waals surface area contributed by atoms with Gasteiger partial charge in [0.2, 0.25) is 11.8 Å². The first-order valence-corrected chi connectivity index (χ1v) is 7.78. The first-order chi connectivity index (χ1) is 10.9. The van der Waals surface area contributed by atoms with Crippen LogP contribution in [0.15, 0.2) is 24.3 Å². The summed E-state index contributed by atoms with van der Waals surface area (Å²) in [4.78, 5) is 37.0. The number of piperidine rings is 1. The average Bonchev–Trinajstić information content (AvgIpc) is 2.53. The monoisotopic (exact) mass is 338 g/mol. The minimum atomic E-state index is -1.04. The topological polar surface area (TPSA) is 86.7 Å². The summed E-state index contributed by atoms with van der Waals surface area (Å²) < 4.78 is 0. The number of carboxylic acids is 1. The summed E-state index contributed by atoms with van der Waals surface area (Å²) in [6, 6.07) is 6.00. The Morgan fingerprint density at radius 3 is 2.70 bits per heavy atom. The fraction of sp³-hybridized carbons (Fsp3) is 0.438. The number of nitrogens with zero attached hydrogens (tertiary/aromatic N) is 1. The van der Waals surface area contributed by atoms with Crippen LogP contribution in [-0.2, 0) is 20.8 Å². The van der Waals surface area contributed by atoms with Crippen LogP contribution in [0.5, 0.6) is 0 Å². The molecule has 124 valence electrons. The molecule has 0 bridgehead atoms. The lowest BCUT2D eigenvalue weighted by atomic mass is 9.91. The molecule has 0 saturated carbocycles. The van der Waals surface area contributed by atoms with Crippen molar-refractivity contribution in [2.75, 3.05) is 13.6 Å². The molecule has 1 aromatic rings. The van der Waals surface area contributed by atoms with Crippen LogP contribution in [0, 0.1) is 5.92 Å². The van der Waals surface area contributed by atoms with E-state index >= 15 is 0 Å². The van der Waals surface area contributed by atoms with Gasteiger partial charge in [0.15, 0.2) is 0 Å². The van der Waals surface area contributed by atoms with E-state index in [1.165, 1.54) is 11.9 Å². The molecule has 0 spiro atoms. The summed E-state index contributed by atoms with van der Waals surface area (Å²) in [5.41, 5.74) is 0.716. The fourth-order valence-corrected chi connectivity index (χ4v) is 3.06. The van der Waals surface area contributed by atoms with Crippen molar-refractivity contribution in [2.45, 2.75) is 25.3 Å². The lowest BCUT2D eigenvalue weighted by molar-refractivity contribution is -0.154. The Bertz CT molecular complexity index is 620. The molecule has 1 aliphatic heterocycles. The number of likely N-dealkylation sites (tertiary alicyclic amines) is 1. The summed E-state index contributed by atoms with van der Waals surface area (Å²) in [6.45, 7) is 0.121. The molecule has 2 N–H and O–H groups in total. The van der Waals surface area contributed by atoms with Crippen LogP contribution >= 0.6 is 11.6 Å². The summed E-state index contributed by atoms with van der Waals surface area (Å²) in [5, 5.41) is 12.4. The van der Waals surface area contributed by atoms with Crippen LogP contribution in [0.1, 0.15) is 18.4 Å². The van der Waals surface area contributed by atoms with Gasteiger partial charge in [-0.25, -0.2) is 4.79 Å². The highest BCUT2D eigenvalue weighted by Gasteiger charge is 2.37. The number of nitrogens with one attached hydrogen (secondary N) is 1. The molecule has 1 aromatic carbocycles. The Morgan fingerprint density at radius 1 is 1.35 bits per heavy atom. The summed E-state index contributed by atoms with van der Waals surface area (Å²) in [6.07, 6.45) is 0.789. The number of hydrogen-bond donors (Lipinski definition) is 2. The Kier molecular flexibility index (Phi) is 5.60. The second kappa shape index (κ2) is 7.46. The van der Waals surface area contributed by atoms with Crippen molar-refractivity contribution in [3.8, 4) is 0 Å². The van der Waals surface area contributed by atoms with Gasteiger partial charge in [-0.2, -0.15) is 0 Å². The smallest absolute Gasteiger partial charge is 0.326 e. The molecule has 23 heavy (non-hydrogen) atoms. The van der Waals surface area contributed by atoms with Gasteiger partial charge < -0.3 is 15.3 Å². The lowest BCUT2D eigenvalue weighted by Gasteiger charge is -2.36. The van der Waals surface area contributed by atoms with Gasteiger partial charge in [-0.1, -0.05) is 23.7 Å². The number of halogens is 1. The van der Waals surface area contributed by atoms with Gasteiger partial charge in [0.05, 0.1) is 12.3 Å². The zero-order valence-electron chi connectivity index (χ0n) is 12.8. The molecular weight excluding hydrogens is 320 g/mol. The molecule has 7 heteroatoms. The highest BCUT2D eigenvalue weighted by atomic mass is 35.5. The minimum Gasteiger partial charge on any atom is -0.480 e. The van der Waals surface area contributed by atoms with Gasteiger partial charge in [-0.15, -0.1) is 0 Å². The molecule has 6 nitrogen and oxygen atoms in total. The van der Waals surface area contributed by atoms with E-state index in [9.17, 15) is 19.5 Å². The van der Waals surface area contributed by atoms with Crippen LogP contribution in [0.3, 0.4) is 0 Å². The van der Waals surface area contributed by atoms with E-state index in [1.54, 1.807) is 24.3 Å². The third kappa shape index (κ3) is 4.22. The lowest BCUT2D eigenvalue weighted by Crippen LogP contribution is -2.53. The van der Waals surface area contributed by atoms with Crippen molar-refractivity contribution in [1.29, 1.82) is 0 Å². The van der Waals surface area contributed by atoms with Crippen LogP contribution in [-0.4, -0.2) is 47.4 Å². The quantitative estimate of drug-likeness (QED) is 0.867. The average molecular weight is 339 g/mol. The van der Waals surface area contributed by atoms with Crippen LogP contribution in [0.2, 0.25) is 5.02 Å². The third-order valence-electron chi connectivity index (χ3n) is 4.05. The van der Waals surface area contributed by atoms with Crippen molar-refractivity contribution in [1.82, 2.24) is 10.2 Å². The Hall–Kier alpha value is -2.08. The van der Waals surface area contributed by atoms with E-state index in [0.717, 1.165) is 0 Å². The highest BCUT2D eigenvalue weighted by Crippen LogP contribution is 2.24. The number of benzene rings is 1. The summed E-state index contributed by atoms with van der Waals surface area (Å²) in [7, 11) is 1.53. The molecule has 2 amide bonds. The zero-order valence-corrected chi connectivity index (χ0v) is 13.5. The zero-order chi connectivity index (χ0) is 17.0. The van der Waals surface area contributed by atoms with Gasteiger partial charge >= 0.3 is 5.97 Å². The van der Waals surface area contributed by atoms with Gasteiger partial charge in [-0.05, 0) is 30.5 Å². The third-order valence-corrected chi connectivity index (χ3v) is 4.28. The minimum absolute atomic E-state index is 0.0603. The number of carbonyl (C=O) groups is 3. The molecule has 0 unspecified atom stereocenters. The first kappa shape index (κ1) is 17.3. The number of amides is 2. The maximum Gasteiger partial charge on any atom is 0.326 e. The second-order valence-corrected chi connectivity index (χ2v) is 6.03. The van der Waals surface area contributed by atoms with E-state index in [1.807, 2.05) is 0 Å². The fourth-order valence-electron chi connectivity index (χ4n) is 2.84. The largest absolute Gasteiger partial charge is 0.480 e. The molecule has 2 atom stereocenters. The van der Waals surface area contributed by atoms with Crippen molar-refractivity contribution >= 4 is 29.4 Å². The first-order valence-electron chi connectivity index (χ1n) is 7.40. The summed E-state index contributed by atoms with van der Waals surface area (Å²) >= 11 is 5.90. The van der Waals surface area contributed by atoms with Crippen molar-refractivity contribution in [3.05, 3.63) is 34.9 Å². The Morgan fingerprint density at radius 2 is 2.09 bits per heavy atom. The van der Waals surface area contributed by atoms with E-state index < -0.39 is 12.0 Å². The van der Waals surface area contributed by atoms with Gasteiger partial charge in [0, 0.05) is 18.6 Å². The molecule has 1 heterocycles. The predicted octanol–water partition coefficient (Wildman–Crippen LogP) is 1.32. The number of carboxylic acid groups (broad SMARTS) is 1. The Balaban J connectivity index is 2.15. The van der Waals surface area contributed by atoms with Gasteiger partial charge in [-0.3, -0.25) is 9.59 Å². The van der Waals surface area contributed by atoms with Gasteiger partial charge in [0.25, 0.3) is 0 Å². The van der Waals surface area contributed by atoms with E-state index in [2.05, 4.69) is 5.32 Å². The highest BCUT2D eigenvalue weighted by molar-refractivity contribution is 6.30. The van der Waals surface area contributed by atoms with Crippen molar-refractivity contribution in [2.24, 2.45) is 5.92 Å². The van der Waals surface area contributed by atoms with Crippen molar-refractivity contribution < 1.29 is 19.5 Å². The van der Waals surface area contributed by atoms with Crippen LogP contribution < -0.4 is 5.32 Å². The number of hydrogen-bond acceptors (Lipinski definition) is 3. The van der Waals surface area contributed by atoms with Gasteiger partial charge in [0.1, 0.15) is 6.04 Å². The van der Waals surface area contributed by atoms with E-state index in [0.29, 0.717) is 17.0 Å². The Labute approximate surface area is 139 Å². The van der Waals surface area contributed by atoms with Crippen LogP contribution in [0.25, 0.3) is 0 Å². The summed E-state index contributed by atoms with van der Waals surface area (Å²) in [5.74, 6) is -1.90. The SMILES string of the molecule is CNC(=O)[C@H]1CC[C@@H](C(=O)O)N(C(=O)Cc2cccc(Cl)c2)C1. The molecule has 2 rings (SSSR count). The standard InChI is InChI=1S/C16H19ClN2O4/c1-18-15(21)11-5-6-13(16(22)23)19(9-11)14(20)8-10-3-2-4-12(17)7-10/h2-4,7,11,13H,5-6,8-9H2,1H3,(H,18,21)(H,22,23)/t11-,13-/m0/s1. The maximum absolute atomic E-state index is 12.5. The molecule has 0 aliphatic carbocycles. The number of aliphatic carboxylic acids is 1.